The average molecular weight is 244 g/mol. The van der Waals surface area contributed by atoms with Crippen LogP contribution in [0.25, 0.3) is 0 Å². The van der Waals surface area contributed by atoms with Crippen molar-refractivity contribution in [2.75, 3.05) is 12.8 Å². The van der Waals surface area contributed by atoms with Crippen LogP contribution >= 0.6 is 19.8 Å². The second-order valence-corrected chi connectivity index (χ2v) is 4.31. The predicted molar refractivity (Wildman–Crippen MR) is 49.6 cm³/mol. The molecule has 0 saturated heterocycles. The van der Waals surface area contributed by atoms with Gasteiger partial charge in [0.05, 0.1) is 0 Å². The predicted octanol–water partition coefficient (Wildman–Crippen LogP) is -1.14. The lowest BCUT2D eigenvalue weighted by molar-refractivity contribution is -0.138. The fourth-order valence-corrected chi connectivity index (χ4v) is 1.39. The summed E-state index contributed by atoms with van der Waals surface area (Å²) in [5, 5.41) is 16.7. The van der Waals surface area contributed by atoms with Crippen molar-refractivity contribution in [1.29, 1.82) is 0 Å². The Labute approximate surface area is 84.3 Å². The zero-order valence-electron chi connectivity index (χ0n) is 6.82. The number of carbonyl (C=O) groups is 1. The molecule has 0 amide bonds. The molecule has 82 valence electrons. The van der Waals surface area contributed by atoms with Crippen LogP contribution in [0.5, 0.6) is 0 Å². The Morgan fingerprint density at radius 3 is 2.21 bits per heavy atom. The maximum atomic E-state index is 10.5. The Morgan fingerprint density at radius 2 is 1.93 bits per heavy atom. The highest BCUT2D eigenvalue weighted by molar-refractivity contribution is 7.79. The molecule has 0 bridgehead atoms. The van der Waals surface area contributed by atoms with Gasteiger partial charge in [0, 0.05) is 0 Å². The maximum Gasteiger partial charge on any atom is 0.341 e. The summed E-state index contributed by atoms with van der Waals surface area (Å²) >= 11 is 4.17. The van der Waals surface area contributed by atoms with Crippen molar-refractivity contribution in [2.24, 2.45) is 0 Å². The van der Waals surface area contributed by atoms with E-state index in [4.69, 9.17) is 20.0 Å². The first-order valence-electron chi connectivity index (χ1n) is 3.21. The van der Waals surface area contributed by atoms with Crippen molar-refractivity contribution in [2.45, 2.75) is 0 Å². The number of hydrogen-bond acceptors (Lipinski definition) is 4. The van der Waals surface area contributed by atoms with Crippen LogP contribution in [0, 0.1) is 0 Å². The summed E-state index contributed by atoms with van der Waals surface area (Å²) in [6.07, 6.45) is -0.861. The van der Waals surface area contributed by atoms with Gasteiger partial charge in [-0.2, -0.15) is 5.01 Å². The van der Waals surface area contributed by atoms with Gasteiger partial charge in [-0.15, -0.1) is 0 Å². The van der Waals surface area contributed by atoms with Crippen LogP contribution in [0.2, 0.25) is 0 Å². The molecule has 0 fully saturated rings. The van der Waals surface area contributed by atoms with Gasteiger partial charge in [-0.25, -0.2) is 0 Å². The number of aliphatic hydroxyl groups is 1. The molecule has 0 aromatic rings. The highest BCUT2D eigenvalue weighted by atomic mass is 32.1. The number of nitrogens with one attached hydrogen (secondary N) is 1. The number of rotatable bonds is 5. The van der Waals surface area contributed by atoms with Crippen molar-refractivity contribution in [3.63, 3.8) is 0 Å². The summed E-state index contributed by atoms with van der Waals surface area (Å²) in [6, 6.07) is 0. The molecule has 0 aliphatic heterocycles. The van der Waals surface area contributed by atoms with E-state index in [1.165, 1.54) is 0 Å². The molecule has 0 rings (SSSR count). The SMILES string of the molecule is O=C(O)CN(CP(=O)(O)O)NC(O)=S. The van der Waals surface area contributed by atoms with Gasteiger partial charge < -0.3 is 20.0 Å². The van der Waals surface area contributed by atoms with Gasteiger partial charge >= 0.3 is 13.6 Å². The molecule has 0 atom stereocenters. The third-order valence-electron chi connectivity index (χ3n) is 0.935. The number of hydrogen-bond donors (Lipinski definition) is 5. The van der Waals surface area contributed by atoms with Gasteiger partial charge in [-0.05, 0) is 12.2 Å². The number of hydrazine groups is 1. The first-order chi connectivity index (χ1) is 6.20. The summed E-state index contributed by atoms with van der Waals surface area (Å²) in [5.74, 6) is -1.32. The van der Waals surface area contributed by atoms with E-state index in [2.05, 4.69) is 12.2 Å². The number of carboxylic acids is 1. The van der Waals surface area contributed by atoms with E-state index in [0.29, 0.717) is 5.01 Å². The number of nitrogens with zero attached hydrogens (tertiary/aromatic N) is 1. The van der Waals surface area contributed by atoms with Crippen LogP contribution in [0.4, 0.5) is 0 Å². The highest BCUT2D eigenvalue weighted by Gasteiger charge is 2.21. The Balaban J connectivity index is 4.32. The van der Waals surface area contributed by atoms with E-state index in [9.17, 15) is 9.36 Å². The normalized spacial score (nSPS) is 11.4. The monoisotopic (exact) mass is 244 g/mol. The Hall–Kier alpha value is -0.730. The van der Waals surface area contributed by atoms with E-state index < -0.39 is 31.6 Å². The second-order valence-electron chi connectivity index (χ2n) is 2.31. The molecule has 14 heavy (non-hydrogen) atoms. The smallest absolute Gasteiger partial charge is 0.341 e. The fourth-order valence-electron chi connectivity index (χ4n) is 0.646. The van der Waals surface area contributed by atoms with Crippen LogP contribution in [0.1, 0.15) is 0 Å². The lowest BCUT2D eigenvalue weighted by Gasteiger charge is -2.20. The molecule has 0 saturated carbocycles. The molecular formula is C4H9N2O6PS. The van der Waals surface area contributed by atoms with Crippen LogP contribution in [-0.4, -0.2) is 49.0 Å². The van der Waals surface area contributed by atoms with Crippen LogP contribution < -0.4 is 5.43 Å². The molecule has 0 aromatic heterocycles. The molecule has 0 unspecified atom stereocenters. The molecule has 0 aliphatic rings. The molecule has 0 aliphatic carbocycles. The minimum Gasteiger partial charge on any atom is -0.486 e. The van der Waals surface area contributed by atoms with Gasteiger partial charge in [-0.1, -0.05) is 0 Å². The van der Waals surface area contributed by atoms with Crippen LogP contribution in [-0.2, 0) is 9.36 Å². The van der Waals surface area contributed by atoms with Gasteiger partial charge in [0.2, 0.25) is 0 Å². The van der Waals surface area contributed by atoms with E-state index in [1.54, 1.807) is 0 Å². The zero-order chi connectivity index (χ0) is 11.4. The molecule has 0 spiro atoms. The van der Waals surface area contributed by atoms with Gasteiger partial charge in [-0.3, -0.25) is 14.8 Å². The Morgan fingerprint density at radius 1 is 1.43 bits per heavy atom. The van der Waals surface area contributed by atoms with Crippen LogP contribution in [0.3, 0.4) is 0 Å². The number of thiocarbonyl (C=S) groups is 1. The van der Waals surface area contributed by atoms with Crippen LogP contribution in [0.15, 0.2) is 0 Å². The van der Waals surface area contributed by atoms with Crippen molar-refractivity contribution in [1.82, 2.24) is 10.4 Å². The Kier molecular flexibility index (Phi) is 4.95. The summed E-state index contributed by atoms with van der Waals surface area (Å²) in [7, 11) is -4.40. The minimum absolute atomic E-state index is 0.603. The molecule has 0 heterocycles. The molecule has 8 nitrogen and oxygen atoms in total. The molecule has 10 heteroatoms. The van der Waals surface area contributed by atoms with Crippen molar-refractivity contribution in [3.05, 3.63) is 0 Å². The van der Waals surface area contributed by atoms with E-state index in [-0.39, 0.29) is 0 Å². The summed E-state index contributed by atoms with van der Waals surface area (Å²) in [6.45, 7) is -0.703. The van der Waals surface area contributed by atoms with E-state index in [0.717, 1.165) is 0 Å². The third-order valence-corrected chi connectivity index (χ3v) is 1.74. The summed E-state index contributed by atoms with van der Waals surface area (Å²) < 4.78 is 10.5. The molecule has 0 radical (unpaired) electrons. The van der Waals surface area contributed by atoms with Gasteiger partial charge in [0.1, 0.15) is 12.8 Å². The topological polar surface area (TPSA) is 130 Å². The van der Waals surface area contributed by atoms with E-state index >= 15 is 0 Å². The molecular weight excluding hydrogens is 235 g/mol. The van der Waals surface area contributed by atoms with Gasteiger partial charge in [0.25, 0.3) is 5.17 Å². The molecule has 0 aromatic carbocycles. The second kappa shape index (κ2) is 5.23. The standard InChI is InChI=1S/C4H9N2O6PS/c7-3(8)1-6(5-4(9)14)2-13(10,11)12/h1-2H2,(H,7,8)(H2,5,9,14)(H2,10,11,12). The number of carboxylic acid groups (broad SMARTS) is 1. The lowest BCUT2D eigenvalue weighted by Crippen LogP contribution is -2.44. The van der Waals surface area contributed by atoms with Crippen molar-refractivity contribution in [3.8, 4) is 0 Å². The third kappa shape index (κ3) is 7.90. The fraction of sp³-hybridized carbons (Fsp3) is 0.500. The minimum atomic E-state index is -4.40. The van der Waals surface area contributed by atoms with Crippen molar-refractivity contribution >= 4 is 31.0 Å². The lowest BCUT2D eigenvalue weighted by atomic mass is 10.6. The molecule has 5 N–H and O–H groups in total. The quantitative estimate of drug-likeness (QED) is 0.231. The van der Waals surface area contributed by atoms with Crippen molar-refractivity contribution < 1.29 is 29.4 Å². The van der Waals surface area contributed by atoms with E-state index in [1.807, 2.05) is 5.43 Å². The highest BCUT2D eigenvalue weighted by Crippen LogP contribution is 2.34. The summed E-state index contributed by atoms with van der Waals surface area (Å²) in [5.41, 5.74) is 1.92. The number of aliphatic carboxylic acids is 1. The first-order valence-corrected chi connectivity index (χ1v) is 5.42. The summed E-state index contributed by atoms with van der Waals surface area (Å²) in [4.78, 5) is 27.3. The largest absolute Gasteiger partial charge is 0.486 e. The first kappa shape index (κ1) is 13.3. The zero-order valence-corrected chi connectivity index (χ0v) is 8.53. The maximum absolute atomic E-state index is 10.5. The van der Waals surface area contributed by atoms with Gasteiger partial charge in [0.15, 0.2) is 0 Å². The number of aliphatic hydroxyl groups excluding tert-OH is 1. The Bertz CT molecular complexity index is 261. The average Bonchev–Trinajstić information content (AvgIpc) is 1.77.